The van der Waals surface area contributed by atoms with Gasteiger partial charge >= 0.3 is 5.97 Å². The molecule has 98 valence electrons. The Bertz CT molecular complexity index is 408. The van der Waals surface area contributed by atoms with Gasteiger partial charge < -0.3 is 14.7 Å². The molecular formula is C12H16N2O4. The molecule has 0 spiro atoms. The van der Waals surface area contributed by atoms with E-state index >= 15 is 0 Å². The van der Waals surface area contributed by atoms with Gasteiger partial charge in [0.15, 0.2) is 6.04 Å². The Morgan fingerprint density at radius 3 is 2.72 bits per heavy atom. The summed E-state index contributed by atoms with van der Waals surface area (Å²) in [6, 6.07) is 3.88. The maximum Gasteiger partial charge on any atom is 0.328 e. The monoisotopic (exact) mass is 252 g/mol. The van der Waals surface area contributed by atoms with Crippen molar-refractivity contribution in [2.75, 3.05) is 20.3 Å². The highest BCUT2D eigenvalue weighted by atomic mass is 16.5. The molecule has 0 fully saturated rings. The molecule has 1 amide bonds. The van der Waals surface area contributed by atoms with Crippen molar-refractivity contribution in [1.82, 2.24) is 9.88 Å². The minimum absolute atomic E-state index is 0.0408. The Labute approximate surface area is 105 Å². The number of likely N-dealkylation sites (N-methyl/N-ethyl adjacent to an activating group) is 1. The number of carbonyl (C=O) groups excluding carboxylic acids is 1. The zero-order valence-corrected chi connectivity index (χ0v) is 10.4. The molecule has 1 N–H and O–H groups in total. The molecule has 18 heavy (non-hydrogen) atoms. The second-order valence-corrected chi connectivity index (χ2v) is 3.64. The van der Waals surface area contributed by atoms with Crippen molar-refractivity contribution in [3.63, 3.8) is 0 Å². The van der Waals surface area contributed by atoms with Crippen LogP contribution in [0.5, 0.6) is 0 Å². The molecule has 0 aliphatic carbocycles. The highest BCUT2D eigenvalue weighted by Crippen LogP contribution is 2.05. The molecule has 0 radical (unpaired) electrons. The number of ether oxygens (including phenoxy) is 1. The largest absolute Gasteiger partial charge is 0.480 e. The van der Waals surface area contributed by atoms with E-state index in [2.05, 4.69) is 4.98 Å². The van der Waals surface area contributed by atoms with Crippen LogP contribution in [0.2, 0.25) is 0 Å². The van der Waals surface area contributed by atoms with Crippen LogP contribution in [0.4, 0.5) is 0 Å². The molecule has 6 nitrogen and oxygen atoms in total. The van der Waals surface area contributed by atoms with Crippen molar-refractivity contribution in [3.05, 3.63) is 30.1 Å². The van der Waals surface area contributed by atoms with Crippen molar-refractivity contribution in [2.24, 2.45) is 0 Å². The first-order valence-corrected chi connectivity index (χ1v) is 5.56. The summed E-state index contributed by atoms with van der Waals surface area (Å²) >= 11 is 0. The predicted molar refractivity (Wildman–Crippen MR) is 64.2 cm³/mol. The van der Waals surface area contributed by atoms with Crippen LogP contribution in [-0.2, 0) is 9.53 Å². The van der Waals surface area contributed by atoms with Crippen LogP contribution in [0.1, 0.15) is 17.4 Å². The first-order valence-electron chi connectivity index (χ1n) is 5.56. The van der Waals surface area contributed by atoms with Gasteiger partial charge in [0.05, 0.1) is 6.61 Å². The van der Waals surface area contributed by atoms with E-state index in [1.807, 2.05) is 0 Å². The lowest BCUT2D eigenvalue weighted by molar-refractivity contribution is -0.144. The molecule has 0 aromatic carbocycles. The Hall–Kier alpha value is -1.95. The van der Waals surface area contributed by atoms with Crippen LogP contribution >= 0.6 is 0 Å². The van der Waals surface area contributed by atoms with Crippen LogP contribution in [0.25, 0.3) is 0 Å². The second kappa shape index (κ2) is 6.70. The van der Waals surface area contributed by atoms with E-state index in [-0.39, 0.29) is 12.3 Å². The summed E-state index contributed by atoms with van der Waals surface area (Å²) in [4.78, 5) is 28.1. The lowest BCUT2D eigenvalue weighted by Gasteiger charge is -2.24. The quantitative estimate of drug-likeness (QED) is 0.803. The van der Waals surface area contributed by atoms with Crippen LogP contribution in [-0.4, -0.2) is 53.2 Å². The Balaban J connectivity index is 2.80. The highest BCUT2D eigenvalue weighted by Gasteiger charge is 2.27. The fourth-order valence-electron chi connectivity index (χ4n) is 1.39. The number of rotatable bonds is 6. The van der Waals surface area contributed by atoms with Gasteiger partial charge in [-0.1, -0.05) is 6.07 Å². The number of hydrogen-bond donors (Lipinski definition) is 1. The Kier molecular flexibility index (Phi) is 5.26. The SMILES string of the molecule is CCOCC(C(=O)O)N(C)C(=O)c1ccccn1. The number of hydrogen-bond acceptors (Lipinski definition) is 4. The van der Waals surface area contributed by atoms with Crippen molar-refractivity contribution in [2.45, 2.75) is 13.0 Å². The van der Waals surface area contributed by atoms with Crippen molar-refractivity contribution in [3.8, 4) is 0 Å². The fraction of sp³-hybridized carbons (Fsp3) is 0.417. The molecule has 1 aromatic heterocycles. The molecule has 0 saturated carbocycles. The number of carboxylic acid groups (broad SMARTS) is 1. The average molecular weight is 252 g/mol. The third kappa shape index (κ3) is 3.53. The topological polar surface area (TPSA) is 79.7 Å². The van der Waals surface area contributed by atoms with Crippen molar-refractivity contribution >= 4 is 11.9 Å². The van der Waals surface area contributed by atoms with Gasteiger partial charge in [-0.05, 0) is 19.1 Å². The number of nitrogens with zero attached hydrogens (tertiary/aromatic N) is 2. The zero-order valence-electron chi connectivity index (χ0n) is 10.4. The summed E-state index contributed by atoms with van der Waals surface area (Å²) in [5.74, 6) is -1.54. The summed E-state index contributed by atoms with van der Waals surface area (Å²) in [5.41, 5.74) is 0.211. The molecule has 0 saturated heterocycles. The lowest BCUT2D eigenvalue weighted by Crippen LogP contribution is -2.45. The third-order valence-electron chi connectivity index (χ3n) is 2.44. The number of aromatic nitrogens is 1. The van der Waals surface area contributed by atoms with Crippen LogP contribution in [0.15, 0.2) is 24.4 Å². The Morgan fingerprint density at radius 1 is 1.50 bits per heavy atom. The average Bonchev–Trinajstić information content (AvgIpc) is 2.38. The third-order valence-corrected chi connectivity index (χ3v) is 2.44. The van der Waals surface area contributed by atoms with E-state index in [1.54, 1.807) is 25.1 Å². The molecule has 1 aromatic rings. The molecule has 1 atom stereocenters. The summed E-state index contributed by atoms with van der Waals surface area (Å²) in [5, 5.41) is 9.07. The summed E-state index contributed by atoms with van der Waals surface area (Å²) in [6.45, 7) is 2.12. The van der Waals surface area contributed by atoms with Crippen LogP contribution in [0.3, 0.4) is 0 Å². The molecule has 1 heterocycles. The lowest BCUT2D eigenvalue weighted by atomic mass is 10.2. The van der Waals surface area contributed by atoms with Gasteiger partial charge in [0.2, 0.25) is 0 Å². The van der Waals surface area contributed by atoms with Gasteiger partial charge in [-0.2, -0.15) is 0 Å². The van der Waals surface area contributed by atoms with E-state index in [9.17, 15) is 9.59 Å². The first-order chi connectivity index (χ1) is 8.57. The molecule has 6 heteroatoms. The van der Waals surface area contributed by atoms with E-state index in [0.29, 0.717) is 6.61 Å². The summed E-state index contributed by atoms with van der Waals surface area (Å²) in [6.07, 6.45) is 1.49. The van der Waals surface area contributed by atoms with Gasteiger partial charge in [0.1, 0.15) is 5.69 Å². The maximum atomic E-state index is 12.0. The van der Waals surface area contributed by atoms with E-state index in [4.69, 9.17) is 9.84 Å². The highest BCUT2D eigenvalue weighted by molar-refractivity contribution is 5.94. The second-order valence-electron chi connectivity index (χ2n) is 3.64. The van der Waals surface area contributed by atoms with Crippen molar-refractivity contribution in [1.29, 1.82) is 0 Å². The molecule has 1 unspecified atom stereocenters. The van der Waals surface area contributed by atoms with Gasteiger partial charge in [-0.3, -0.25) is 9.78 Å². The number of carboxylic acids is 1. The normalized spacial score (nSPS) is 11.9. The minimum atomic E-state index is -1.10. The number of aliphatic carboxylic acids is 1. The van der Waals surface area contributed by atoms with E-state index in [1.165, 1.54) is 13.2 Å². The number of carbonyl (C=O) groups is 2. The summed E-state index contributed by atoms with van der Waals surface area (Å²) in [7, 11) is 1.43. The first kappa shape index (κ1) is 14.1. The van der Waals surface area contributed by atoms with Crippen LogP contribution < -0.4 is 0 Å². The molecule has 0 bridgehead atoms. The van der Waals surface area contributed by atoms with E-state index in [0.717, 1.165) is 4.90 Å². The van der Waals surface area contributed by atoms with Crippen LogP contribution in [0, 0.1) is 0 Å². The molecule has 0 aliphatic rings. The van der Waals surface area contributed by atoms with Gasteiger partial charge in [0.25, 0.3) is 5.91 Å². The standard InChI is InChI=1S/C12H16N2O4/c1-3-18-8-10(12(16)17)14(2)11(15)9-6-4-5-7-13-9/h4-7,10H,3,8H2,1-2H3,(H,16,17). The maximum absolute atomic E-state index is 12.0. The number of amides is 1. The zero-order chi connectivity index (χ0) is 13.5. The van der Waals surface area contributed by atoms with Crippen molar-refractivity contribution < 1.29 is 19.4 Å². The minimum Gasteiger partial charge on any atom is -0.480 e. The van der Waals surface area contributed by atoms with Gasteiger partial charge in [-0.15, -0.1) is 0 Å². The molecular weight excluding hydrogens is 236 g/mol. The fourth-order valence-corrected chi connectivity index (χ4v) is 1.39. The predicted octanol–water partition coefficient (Wildman–Crippen LogP) is 0.643. The molecule has 1 rings (SSSR count). The summed E-state index contributed by atoms with van der Waals surface area (Å²) < 4.78 is 5.07. The number of pyridine rings is 1. The van der Waals surface area contributed by atoms with E-state index < -0.39 is 17.9 Å². The van der Waals surface area contributed by atoms with Gasteiger partial charge in [-0.25, -0.2) is 4.79 Å². The molecule has 0 aliphatic heterocycles. The van der Waals surface area contributed by atoms with Gasteiger partial charge in [0, 0.05) is 19.9 Å². The Morgan fingerprint density at radius 2 is 2.22 bits per heavy atom. The smallest absolute Gasteiger partial charge is 0.328 e.